The Bertz CT molecular complexity index is 267. The van der Waals surface area contributed by atoms with Crippen molar-refractivity contribution >= 4 is 6.29 Å². The summed E-state index contributed by atoms with van der Waals surface area (Å²) in [7, 11) is 0. The molecule has 0 saturated heterocycles. The molecule has 0 bridgehead atoms. The Morgan fingerprint density at radius 2 is 2.64 bits per heavy atom. The first kappa shape index (κ1) is 6.58. The zero-order valence-electron chi connectivity index (χ0n) is 6.21. The molecule has 2 rings (SSSR count). The second-order valence-electron chi connectivity index (χ2n) is 2.94. The molecule has 0 amide bonds. The lowest BCUT2D eigenvalue weighted by atomic mass is 9.88. The van der Waals surface area contributed by atoms with Gasteiger partial charge in [-0.1, -0.05) is 0 Å². The van der Waals surface area contributed by atoms with Crippen LogP contribution in [0.4, 0.5) is 0 Å². The third-order valence-electron chi connectivity index (χ3n) is 2.26. The molecule has 0 fully saturated rings. The van der Waals surface area contributed by atoms with E-state index in [2.05, 4.69) is 10.2 Å². The molecule has 1 heterocycles. The zero-order chi connectivity index (χ0) is 7.68. The number of nitrogens with one attached hydrogen (secondary N) is 1. The first-order valence-electron chi connectivity index (χ1n) is 3.89. The minimum Gasteiger partial charge on any atom is -0.303 e. The number of carbonyl (C=O) groups excluding carboxylic acids is 1. The van der Waals surface area contributed by atoms with E-state index in [-0.39, 0.29) is 5.92 Å². The minimum absolute atomic E-state index is 0.0949. The average Bonchev–Trinajstić information content (AvgIpc) is 2.50. The van der Waals surface area contributed by atoms with Crippen molar-refractivity contribution in [3.05, 3.63) is 17.5 Å². The van der Waals surface area contributed by atoms with Gasteiger partial charge >= 0.3 is 0 Å². The lowest BCUT2D eigenvalue weighted by Gasteiger charge is -2.15. The highest BCUT2D eigenvalue weighted by Gasteiger charge is 2.20. The second-order valence-corrected chi connectivity index (χ2v) is 2.94. The van der Waals surface area contributed by atoms with Crippen molar-refractivity contribution in [3.63, 3.8) is 0 Å². The molecule has 1 unspecified atom stereocenters. The maximum absolute atomic E-state index is 10.6. The monoisotopic (exact) mass is 150 g/mol. The fourth-order valence-corrected chi connectivity index (χ4v) is 1.64. The van der Waals surface area contributed by atoms with Crippen LogP contribution in [-0.2, 0) is 11.2 Å². The highest BCUT2D eigenvalue weighted by atomic mass is 16.1. The van der Waals surface area contributed by atoms with Crippen LogP contribution in [0.2, 0.25) is 0 Å². The normalized spacial score (nSPS) is 22.7. The average molecular weight is 150 g/mol. The number of hydrogen-bond donors (Lipinski definition) is 1. The lowest BCUT2D eigenvalue weighted by molar-refractivity contribution is -0.109. The van der Waals surface area contributed by atoms with Gasteiger partial charge in [0.1, 0.15) is 6.29 Å². The SMILES string of the molecule is O=CC1CCCc2[nH]ncc21. The third-order valence-corrected chi connectivity index (χ3v) is 2.26. The van der Waals surface area contributed by atoms with Gasteiger partial charge in [-0.25, -0.2) is 0 Å². The van der Waals surface area contributed by atoms with Gasteiger partial charge in [-0.05, 0) is 19.3 Å². The number of rotatable bonds is 1. The Morgan fingerprint density at radius 1 is 1.73 bits per heavy atom. The summed E-state index contributed by atoms with van der Waals surface area (Å²) in [4.78, 5) is 10.6. The summed E-state index contributed by atoms with van der Waals surface area (Å²) in [5, 5.41) is 6.83. The first-order valence-corrected chi connectivity index (χ1v) is 3.89. The molecular weight excluding hydrogens is 140 g/mol. The van der Waals surface area contributed by atoms with E-state index < -0.39 is 0 Å². The van der Waals surface area contributed by atoms with Crippen molar-refractivity contribution in [2.75, 3.05) is 0 Å². The number of aromatic amines is 1. The fourth-order valence-electron chi connectivity index (χ4n) is 1.64. The minimum atomic E-state index is 0.0949. The highest BCUT2D eigenvalue weighted by molar-refractivity contribution is 5.63. The van der Waals surface area contributed by atoms with Crippen molar-refractivity contribution < 1.29 is 4.79 Å². The number of H-pyrrole nitrogens is 1. The molecular formula is C8H10N2O. The zero-order valence-corrected chi connectivity index (χ0v) is 6.21. The topological polar surface area (TPSA) is 45.8 Å². The maximum atomic E-state index is 10.6. The number of aldehydes is 1. The Balaban J connectivity index is 2.39. The van der Waals surface area contributed by atoms with Gasteiger partial charge < -0.3 is 4.79 Å². The summed E-state index contributed by atoms with van der Waals surface area (Å²) < 4.78 is 0. The van der Waals surface area contributed by atoms with Crippen molar-refractivity contribution in [1.29, 1.82) is 0 Å². The van der Waals surface area contributed by atoms with Crippen LogP contribution < -0.4 is 0 Å². The molecule has 0 radical (unpaired) electrons. The summed E-state index contributed by atoms with van der Waals surface area (Å²) in [5.41, 5.74) is 2.25. The van der Waals surface area contributed by atoms with Gasteiger partial charge in [0.05, 0.1) is 6.20 Å². The molecule has 11 heavy (non-hydrogen) atoms. The molecule has 0 spiro atoms. The van der Waals surface area contributed by atoms with Crippen molar-refractivity contribution in [1.82, 2.24) is 10.2 Å². The van der Waals surface area contributed by atoms with E-state index in [1.165, 1.54) is 0 Å². The number of carbonyl (C=O) groups is 1. The molecule has 1 atom stereocenters. The molecule has 0 aromatic carbocycles. The van der Waals surface area contributed by atoms with Crippen LogP contribution in [0, 0.1) is 0 Å². The number of nitrogens with zero attached hydrogens (tertiary/aromatic N) is 1. The van der Waals surface area contributed by atoms with Gasteiger partial charge in [0.15, 0.2) is 0 Å². The van der Waals surface area contributed by atoms with Crippen LogP contribution in [0.1, 0.15) is 30.0 Å². The molecule has 3 heteroatoms. The molecule has 1 aromatic rings. The van der Waals surface area contributed by atoms with Gasteiger partial charge in [-0.15, -0.1) is 0 Å². The molecule has 1 aliphatic rings. The lowest BCUT2D eigenvalue weighted by Crippen LogP contribution is -2.08. The number of hydrogen-bond acceptors (Lipinski definition) is 2. The summed E-state index contributed by atoms with van der Waals surface area (Å²) in [6, 6.07) is 0. The molecule has 1 aromatic heterocycles. The van der Waals surface area contributed by atoms with E-state index in [1.807, 2.05) is 0 Å². The summed E-state index contributed by atoms with van der Waals surface area (Å²) in [6.45, 7) is 0. The van der Waals surface area contributed by atoms with E-state index >= 15 is 0 Å². The van der Waals surface area contributed by atoms with Gasteiger partial charge in [-0.2, -0.15) is 5.10 Å². The van der Waals surface area contributed by atoms with Gasteiger partial charge in [-0.3, -0.25) is 5.10 Å². The Morgan fingerprint density at radius 3 is 3.45 bits per heavy atom. The second kappa shape index (κ2) is 2.49. The van der Waals surface area contributed by atoms with E-state index in [0.29, 0.717) is 0 Å². The molecule has 1 aliphatic carbocycles. The van der Waals surface area contributed by atoms with E-state index in [4.69, 9.17) is 0 Å². The predicted octanol–water partition coefficient (Wildman–Crippen LogP) is 1.03. The number of aryl methyl sites for hydroxylation is 1. The van der Waals surface area contributed by atoms with Crippen LogP contribution in [0.15, 0.2) is 6.20 Å². The summed E-state index contributed by atoms with van der Waals surface area (Å²) in [6.07, 6.45) is 5.91. The van der Waals surface area contributed by atoms with Gasteiger partial charge in [0.25, 0.3) is 0 Å². The van der Waals surface area contributed by atoms with Crippen LogP contribution >= 0.6 is 0 Å². The van der Waals surface area contributed by atoms with Crippen molar-refractivity contribution in [2.45, 2.75) is 25.2 Å². The molecule has 0 saturated carbocycles. The largest absolute Gasteiger partial charge is 0.303 e. The van der Waals surface area contributed by atoms with Crippen LogP contribution in [0.3, 0.4) is 0 Å². The summed E-state index contributed by atoms with van der Waals surface area (Å²) in [5.74, 6) is 0.0949. The smallest absolute Gasteiger partial charge is 0.127 e. The van der Waals surface area contributed by atoms with Crippen LogP contribution in [-0.4, -0.2) is 16.5 Å². The van der Waals surface area contributed by atoms with Gasteiger partial charge in [0, 0.05) is 17.2 Å². The van der Waals surface area contributed by atoms with E-state index in [1.54, 1.807) is 6.20 Å². The molecule has 58 valence electrons. The van der Waals surface area contributed by atoms with Crippen molar-refractivity contribution in [2.24, 2.45) is 0 Å². The standard InChI is InChI=1S/C8H10N2O/c11-5-6-2-1-3-8-7(6)4-9-10-8/h4-6H,1-3H2,(H,9,10). The molecule has 3 nitrogen and oxygen atoms in total. The van der Waals surface area contributed by atoms with Crippen LogP contribution in [0.5, 0.6) is 0 Å². The predicted molar refractivity (Wildman–Crippen MR) is 40.3 cm³/mol. The van der Waals surface area contributed by atoms with Gasteiger partial charge in [0.2, 0.25) is 0 Å². The third kappa shape index (κ3) is 0.964. The Hall–Kier alpha value is -1.12. The van der Waals surface area contributed by atoms with Crippen molar-refractivity contribution in [3.8, 4) is 0 Å². The number of aromatic nitrogens is 2. The van der Waals surface area contributed by atoms with Crippen LogP contribution in [0.25, 0.3) is 0 Å². The van der Waals surface area contributed by atoms with E-state index in [9.17, 15) is 4.79 Å². The maximum Gasteiger partial charge on any atom is 0.127 e. The number of fused-ring (bicyclic) bond motifs is 1. The van der Waals surface area contributed by atoms with E-state index in [0.717, 1.165) is 36.8 Å². The molecule has 0 aliphatic heterocycles. The first-order chi connectivity index (χ1) is 5.42. The Labute approximate surface area is 64.8 Å². The fraction of sp³-hybridized carbons (Fsp3) is 0.500. The highest BCUT2D eigenvalue weighted by Crippen LogP contribution is 2.27. The quantitative estimate of drug-likeness (QED) is 0.608. The molecule has 1 N–H and O–H groups in total. The Kier molecular flexibility index (Phi) is 1.49. The summed E-state index contributed by atoms with van der Waals surface area (Å²) >= 11 is 0.